The van der Waals surface area contributed by atoms with Crippen molar-refractivity contribution in [3.63, 3.8) is 0 Å². The van der Waals surface area contributed by atoms with Crippen LogP contribution in [-0.2, 0) is 13.0 Å². The number of likely N-dealkylation sites (N-methyl/N-ethyl adjacent to an activating group) is 1. The molecule has 1 atom stereocenters. The average Bonchev–Trinajstić information content (AvgIpc) is 2.99. The molecule has 0 saturated heterocycles. The molecule has 1 unspecified atom stereocenters. The van der Waals surface area contributed by atoms with E-state index >= 15 is 0 Å². The van der Waals surface area contributed by atoms with Gasteiger partial charge in [0.25, 0.3) is 0 Å². The van der Waals surface area contributed by atoms with Crippen molar-refractivity contribution < 1.29 is 0 Å². The molecule has 1 aliphatic carbocycles. The smallest absolute Gasteiger partial charge is 0.0926 e. The highest BCUT2D eigenvalue weighted by atomic mass is 32.1. The van der Waals surface area contributed by atoms with E-state index in [0.717, 1.165) is 25.4 Å². The van der Waals surface area contributed by atoms with Gasteiger partial charge in [0.15, 0.2) is 0 Å². The second-order valence-electron chi connectivity index (χ2n) is 4.64. The first-order valence-electron chi connectivity index (χ1n) is 6.08. The van der Waals surface area contributed by atoms with Gasteiger partial charge in [-0.15, -0.1) is 11.3 Å². The number of thiazole rings is 1. The van der Waals surface area contributed by atoms with Gasteiger partial charge in [0.2, 0.25) is 0 Å². The summed E-state index contributed by atoms with van der Waals surface area (Å²) < 4.78 is 0. The quantitative estimate of drug-likeness (QED) is 0.824. The molecule has 2 rings (SSSR count). The van der Waals surface area contributed by atoms with Crippen molar-refractivity contribution in [2.75, 3.05) is 13.6 Å². The highest BCUT2D eigenvalue weighted by Gasteiger charge is 2.32. The molecule has 1 heterocycles. The van der Waals surface area contributed by atoms with Crippen molar-refractivity contribution in [3.05, 3.63) is 16.1 Å². The molecule has 0 radical (unpaired) electrons. The van der Waals surface area contributed by atoms with Crippen molar-refractivity contribution >= 4 is 11.3 Å². The van der Waals surface area contributed by atoms with E-state index in [0.29, 0.717) is 6.04 Å². The SMILES string of the molecule is CCc1nc(CN(C)C(CN)C2CC2)cs1. The van der Waals surface area contributed by atoms with Crippen LogP contribution in [0.3, 0.4) is 0 Å². The normalized spacial score (nSPS) is 18.0. The first-order chi connectivity index (χ1) is 7.74. The van der Waals surface area contributed by atoms with Crippen molar-refractivity contribution in [3.8, 4) is 0 Å². The molecule has 0 aromatic carbocycles. The second-order valence-corrected chi connectivity index (χ2v) is 5.58. The Labute approximate surface area is 102 Å². The third-order valence-electron chi connectivity index (χ3n) is 3.29. The van der Waals surface area contributed by atoms with E-state index in [9.17, 15) is 0 Å². The minimum atomic E-state index is 0.548. The van der Waals surface area contributed by atoms with E-state index in [1.54, 1.807) is 11.3 Å². The summed E-state index contributed by atoms with van der Waals surface area (Å²) in [6.45, 7) is 3.86. The number of hydrogen-bond acceptors (Lipinski definition) is 4. The van der Waals surface area contributed by atoms with E-state index in [1.807, 2.05) is 0 Å². The molecule has 90 valence electrons. The predicted molar refractivity (Wildman–Crippen MR) is 68.5 cm³/mol. The zero-order valence-electron chi connectivity index (χ0n) is 10.1. The maximum absolute atomic E-state index is 5.84. The van der Waals surface area contributed by atoms with E-state index in [1.165, 1.54) is 23.5 Å². The largest absolute Gasteiger partial charge is 0.329 e. The van der Waals surface area contributed by atoms with E-state index < -0.39 is 0 Å². The Hall–Kier alpha value is -0.450. The van der Waals surface area contributed by atoms with Crippen LogP contribution >= 0.6 is 11.3 Å². The molecule has 1 aromatic heterocycles. The minimum Gasteiger partial charge on any atom is -0.329 e. The zero-order valence-corrected chi connectivity index (χ0v) is 11.0. The topological polar surface area (TPSA) is 42.2 Å². The molecule has 0 bridgehead atoms. The zero-order chi connectivity index (χ0) is 11.5. The van der Waals surface area contributed by atoms with Crippen molar-refractivity contribution in [1.82, 2.24) is 9.88 Å². The van der Waals surface area contributed by atoms with Crippen LogP contribution in [0.1, 0.15) is 30.5 Å². The monoisotopic (exact) mass is 239 g/mol. The molecule has 1 fully saturated rings. The number of nitrogens with zero attached hydrogens (tertiary/aromatic N) is 2. The van der Waals surface area contributed by atoms with Gasteiger partial charge in [0.1, 0.15) is 0 Å². The molecule has 1 aromatic rings. The average molecular weight is 239 g/mol. The van der Waals surface area contributed by atoms with Crippen LogP contribution < -0.4 is 5.73 Å². The molecule has 4 heteroatoms. The van der Waals surface area contributed by atoms with Gasteiger partial charge in [-0.1, -0.05) is 6.92 Å². The summed E-state index contributed by atoms with van der Waals surface area (Å²) in [7, 11) is 2.17. The Bertz CT molecular complexity index is 333. The fourth-order valence-corrected chi connectivity index (χ4v) is 2.91. The molecule has 0 aliphatic heterocycles. The van der Waals surface area contributed by atoms with Crippen molar-refractivity contribution in [2.24, 2.45) is 11.7 Å². The number of hydrogen-bond donors (Lipinski definition) is 1. The number of aryl methyl sites for hydroxylation is 1. The van der Waals surface area contributed by atoms with Gasteiger partial charge in [-0.2, -0.15) is 0 Å². The Morgan fingerprint density at radius 2 is 2.38 bits per heavy atom. The van der Waals surface area contributed by atoms with E-state index in [-0.39, 0.29) is 0 Å². The maximum atomic E-state index is 5.84. The first kappa shape index (κ1) is 12.0. The second kappa shape index (κ2) is 5.25. The van der Waals surface area contributed by atoms with Gasteiger partial charge in [0.05, 0.1) is 10.7 Å². The molecule has 0 amide bonds. The van der Waals surface area contributed by atoms with Crippen LogP contribution in [0.4, 0.5) is 0 Å². The highest BCUT2D eigenvalue weighted by Crippen LogP contribution is 2.34. The van der Waals surface area contributed by atoms with Crippen LogP contribution in [0, 0.1) is 5.92 Å². The lowest BCUT2D eigenvalue weighted by Crippen LogP contribution is -2.39. The highest BCUT2D eigenvalue weighted by molar-refractivity contribution is 7.09. The summed E-state index contributed by atoms with van der Waals surface area (Å²) in [6, 6.07) is 0.548. The van der Waals surface area contributed by atoms with E-state index in [2.05, 4.69) is 29.2 Å². The summed E-state index contributed by atoms with van der Waals surface area (Å²) in [6.07, 6.45) is 3.74. The minimum absolute atomic E-state index is 0.548. The lowest BCUT2D eigenvalue weighted by molar-refractivity contribution is 0.213. The van der Waals surface area contributed by atoms with Crippen LogP contribution in [0.25, 0.3) is 0 Å². The number of nitrogens with two attached hydrogens (primary N) is 1. The summed E-state index contributed by atoms with van der Waals surface area (Å²) in [5.41, 5.74) is 7.04. The van der Waals surface area contributed by atoms with Crippen molar-refractivity contribution in [1.29, 1.82) is 0 Å². The fourth-order valence-electron chi connectivity index (χ4n) is 2.17. The first-order valence-corrected chi connectivity index (χ1v) is 6.96. The summed E-state index contributed by atoms with van der Waals surface area (Å²) >= 11 is 1.77. The Morgan fingerprint density at radius 1 is 1.62 bits per heavy atom. The van der Waals surface area contributed by atoms with Crippen LogP contribution in [0.5, 0.6) is 0 Å². The lowest BCUT2D eigenvalue weighted by Gasteiger charge is -2.26. The van der Waals surface area contributed by atoms with Gasteiger partial charge < -0.3 is 5.73 Å². The maximum Gasteiger partial charge on any atom is 0.0926 e. The Morgan fingerprint density at radius 3 is 2.88 bits per heavy atom. The molecular formula is C12H21N3S. The molecule has 3 nitrogen and oxygen atoms in total. The summed E-state index contributed by atoms with van der Waals surface area (Å²) in [5, 5.41) is 3.41. The summed E-state index contributed by atoms with van der Waals surface area (Å²) in [5.74, 6) is 0.833. The number of aromatic nitrogens is 1. The van der Waals surface area contributed by atoms with Crippen LogP contribution in [-0.4, -0.2) is 29.5 Å². The molecular weight excluding hydrogens is 218 g/mol. The third-order valence-corrected chi connectivity index (χ3v) is 4.33. The molecule has 1 aliphatic rings. The number of rotatable bonds is 6. The van der Waals surface area contributed by atoms with Gasteiger partial charge in [-0.05, 0) is 32.2 Å². The summed E-state index contributed by atoms with van der Waals surface area (Å²) in [4.78, 5) is 6.97. The Kier molecular flexibility index (Phi) is 3.95. The lowest BCUT2D eigenvalue weighted by atomic mass is 10.1. The predicted octanol–water partition coefficient (Wildman–Crippen LogP) is 1.87. The molecule has 16 heavy (non-hydrogen) atoms. The third kappa shape index (κ3) is 2.81. The standard InChI is InChI=1S/C12H21N3S/c1-3-12-14-10(8-16-12)7-15(2)11(6-13)9-4-5-9/h8-9,11H,3-7,13H2,1-2H3. The molecule has 1 saturated carbocycles. The fraction of sp³-hybridized carbons (Fsp3) is 0.750. The van der Waals surface area contributed by atoms with Crippen LogP contribution in [0.2, 0.25) is 0 Å². The van der Waals surface area contributed by atoms with Crippen LogP contribution in [0.15, 0.2) is 5.38 Å². The van der Waals surface area contributed by atoms with Crippen molar-refractivity contribution in [2.45, 2.75) is 38.8 Å². The molecule has 0 spiro atoms. The molecule has 2 N–H and O–H groups in total. The Balaban J connectivity index is 1.92. The van der Waals surface area contributed by atoms with Gasteiger partial charge in [-0.3, -0.25) is 4.90 Å². The van der Waals surface area contributed by atoms with Gasteiger partial charge in [-0.25, -0.2) is 4.98 Å². The van der Waals surface area contributed by atoms with Gasteiger partial charge in [0, 0.05) is 24.5 Å². The van der Waals surface area contributed by atoms with Gasteiger partial charge >= 0.3 is 0 Å². The van der Waals surface area contributed by atoms with E-state index in [4.69, 9.17) is 5.73 Å².